The van der Waals surface area contributed by atoms with E-state index < -0.39 is 24.0 Å². The minimum Gasteiger partial charge on any atom is -0.480 e. The first-order valence-corrected chi connectivity index (χ1v) is 17.7. The summed E-state index contributed by atoms with van der Waals surface area (Å²) >= 11 is 1.38. The van der Waals surface area contributed by atoms with Crippen molar-refractivity contribution in [2.45, 2.75) is 96.6 Å². The molecule has 0 spiro atoms. The Kier molecular flexibility index (Phi) is 11.1. The van der Waals surface area contributed by atoms with Gasteiger partial charge in [0.2, 0.25) is 5.91 Å². The smallest absolute Gasteiger partial charge is 0.325 e. The normalized spacial score (nSPS) is 17.7. The lowest BCUT2D eigenvalue weighted by Gasteiger charge is -2.28. The highest BCUT2D eigenvalue weighted by Crippen LogP contribution is 2.37. The van der Waals surface area contributed by atoms with E-state index in [1.165, 1.54) is 55.9 Å². The molecule has 0 bridgehead atoms. The summed E-state index contributed by atoms with van der Waals surface area (Å²) in [5.74, 6) is 0.0265. The zero-order valence-corrected chi connectivity index (χ0v) is 29.3. The van der Waals surface area contributed by atoms with Gasteiger partial charge in [-0.2, -0.15) is 0 Å². The van der Waals surface area contributed by atoms with E-state index in [1.54, 1.807) is 6.07 Å². The van der Waals surface area contributed by atoms with E-state index in [9.17, 15) is 19.5 Å². The van der Waals surface area contributed by atoms with Gasteiger partial charge in [0.15, 0.2) is 5.82 Å². The highest BCUT2D eigenvalue weighted by atomic mass is 32.1. The van der Waals surface area contributed by atoms with Gasteiger partial charge >= 0.3 is 5.97 Å². The van der Waals surface area contributed by atoms with E-state index in [0.717, 1.165) is 33.0 Å². The lowest BCUT2D eigenvalue weighted by Crippen LogP contribution is -2.51. The number of carboxylic acid groups (broad SMARTS) is 1. The molecular weight excluding hydrogens is 621 g/mol. The van der Waals surface area contributed by atoms with Crippen molar-refractivity contribution >= 4 is 29.1 Å². The third kappa shape index (κ3) is 8.75. The minimum absolute atomic E-state index is 0.110. The lowest BCUT2D eigenvalue weighted by molar-refractivity contribution is -0.141. The van der Waals surface area contributed by atoms with Crippen LogP contribution < -0.4 is 10.6 Å². The molecule has 1 saturated carbocycles. The van der Waals surface area contributed by atoms with Gasteiger partial charge in [-0.3, -0.25) is 14.4 Å². The molecule has 252 valence electrons. The van der Waals surface area contributed by atoms with Crippen LogP contribution in [0.3, 0.4) is 0 Å². The number of nitrogens with zero attached hydrogens (tertiary/aromatic N) is 2. The molecule has 1 aliphatic rings. The van der Waals surface area contributed by atoms with Crippen molar-refractivity contribution in [3.63, 3.8) is 0 Å². The summed E-state index contributed by atoms with van der Waals surface area (Å²) in [6, 6.07) is 17.9. The van der Waals surface area contributed by atoms with Gasteiger partial charge in [0, 0.05) is 34.8 Å². The predicted molar refractivity (Wildman–Crippen MR) is 191 cm³/mol. The minimum atomic E-state index is -1.15. The largest absolute Gasteiger partial charge is 0.480 e. The third-order valence-corrected chi connectivity index (χ3v) is 10.9. The second-order valence-electron chi connectivity index (χ2n) is 14.0. The lowest BCUT2D eigenvalue weighted by atomic mass is 9.78. The zero-order valence-electron chi connectivity index (χ0n) is 28.5. The molecule has 0 radical (unpaired) electrons. The molecule has 2 amide bonds. The first-order chi connectivity index (χ1) is 22.9. The number of hydrogen-bond acceptors (Lipinski definition) is 6. The number of amides is 2. The number of carbonyl (C=O) groups is 3. The van der Waals surface area contributed by atoms with Gasteiger partial charge < -0.3 is 15.7 Å². The summed E-state index contributed by atoms with van der Waals surface area (Å²) in [4.78, 5) is 48.5. The molecule has 0 aliphatic heterocycles. The molecule has 2 atom stereocenters. The van der Waals surface area contributed by atoms with Gasteiger partial charge in [-0.05, 0) is 78.7 Å². The van der Waals surface area contributed by atoms with E-state index in [1.807, 2.05) is 42.7 Å². The fourth-order valence-electron chi connectivity index (χ4n) is 6.18. The van der Waals surface area contributed by atoms with Crippen LogP contribution in [-0.4, -0.2) is 44.9 Å². The molecule has 0 unspecified atom stereocenters. The maximum atomic E-state index is 13.2. The Balaban J connectivity index is 1.25. The van der Waals surface area contributed by atoms with Gasteiger partial charge in [0.25, 0.3) is 5.91 Å². The molecule has 9 heteroatoms. The zero-order chi connectivity index (χ0) is 34.4. The number of carboxylic acids is 1. The van der Waals surface area contributed by atoms with Crippen LogP contribution in [0.25, 0.3) is 22.5 Å². The van der Waals surface area contributed by atoms with Gasteiger partial charge in [-0.25, -0.2) is 9.97 Å². The van der Waals surface area contributed by atoms with Gasteiger partial charge in [-0.15, -0.1) is 11.3 Å². The number of benzene rings is 2. The van der Waals surface area contributed by atoms with Crippen LogP contribution in [0.4, 0.5) is 0 Å². The van der Waals surface area contributed by atoms with E-state index in [4.69, 9.17) is 0 Å². The maximum absolute atomic E-state index is 13.2. The highest BCUT2D eigenvalue weighted by Gasteiger charge is 2.27. The topological polar surface area (TPSA) is 121 Å². The van der Waals surface area contributed by atoms with Crippen molar-refractivity contribution in [3.8, 4) is 22.5 Å². The van der Waals surface area contributed by atoms with Crippen molar-refractivity contribution in [3.05, 3.63) is 93.9 Å². The molecule has 48 heavy (non-hydrogen) atoms. The number of thiophene rings is 1. The Morgan fingerprint density at radius 3 is 2.04 bits per heavy atom. The second kappa shape index (κ2) is 15.2. The summed E-state index contributed by atoms with van der Waals surface area (Å²) in [5, 5.41) is 14.6. The van der Waals surface area contributed by atoms with E-state index in [2.05, 4.69) is 72.6 Å². The monoisotopic (exact) mass is 666 g/mol. The van der Waals surface area contributed by atoms with Gasteiger partial charge in [-0.1, -0.05) is 82.6 Å². The summed E-state index contributed by atoms with van der Waals surface area (Å²) in [6.07, 6.45) is 10.3. The van der Waals surface area contributed by atoms with Gasteiger partial charge in [0.1, 0.15) is 12.1 Å². The van der Waals surface area contributed by atoms with Crippen molar-refractivity contribution in [2.75, 3.05) is 0 Å². The van der Waals surface area contributed by atoms with Crippen LogP contribution in [0.1, 0.15) is 98.3 Å². The molecule has 2 heterocycles. The molecule has 2 aromatic carbocycles. The van der Waals surface area contributed by atoms with Crippen molar-refractivity contribution in [1.82, 2.24) is 20.6 Å². The molecule has 2 aromatic heterocycles. The fourth-order valence-corrected chi connectivity index (χ4v) is 7.15. The number of aliphatic carboxylic acids is 1. The Labute approximate surface area is 287 Å². The number of hydrogen-bond donors (Lipinski definition) is 3. The Morgan fingerprint density at radius 2 is 1.48 bits per heavy atom. The van der Waals surface area contributed by atoms with Crippen LogP contribution in [0.2, 0.25) is 0 Å². The standard InChI is InChI=1S/C39H46N4O4S/c1-6-25-7-11-27(12-8-25)28-15-17-29(18-16-28)31-22-40-35(41-23-31)30-13-9-26(10-14-30)21-32(36(44)42-24(2)38(46)47)43-37(45)33-19-20-34(48-33)39(3,4)5/h9-10,13-20,22-25,27,32H,6-8,11-12,21H2,1-5H3,(H,42,44)(H,43,45)(H,46,47)/t24-,25-,27-,32-/m0/s1. The third-order valence-electron chi connectivity index (χ3n) is 9.36. The molecule has 4 aromatic rings. The first kappa shape index (κ1) is 35.0. The van der Waals surface area contributed by atoms with Crippen LogP contribution in [-0.2, 0) is 21.4 Å². The summed E-state index contributed by atoms with van der Waals surface area (Å²) in [6.45, 7) is 9.91. The van der Waals surface area contributed by atoms with Crippen LogP contribution in [0.5, 0.6) is 0 Å². The average molecular weight is 667 g/mol. The van der Waals surface area contributed by atoms with Crippen LogP contribution in [0.15, 0.2) is 73.1 Å². The molecule has 8 nitrogen and oxygen atoms in total. The number of carbonyl (C=O) groups excluding carboxylic acids is 2. The van der Waals surface area contributed by atoms with Gasteiger partial charge in [0.05, 0.1) is 4.88 Å². The average Bonchev–Trinajstić information content (AvgIpc) is 3.60. The first-order valence-electron chi connectivity index (χ1n) is 16.9. The molecule has 3 N–H and O–H groups in total. The number of nitrogens with one attached hydrogen (secondary N) is 2. The number of aromatic nitrogens is 2. The quantitative estimate of drug-likeness (QED) is 0.150. The summed E-state index contributed by atoms with van der Waals surface area (Å²) < 4.78 is 0. The van der Waals surface area contributed by atoms with Crippen molar-refractivity contribution in [2.24, 2.45) is 5.92 Å². The summed E-state index contributed by atoms with van der Waals surface area (Å²) in [5.41, 5.74) is 4.97. The van der Waals surface area contributed by atoms with Crippen molar-refractivity contribution < 1.29 is 19.5 Å². The molecule has 1 fully saturated rings. The maximum Gasteiger partial charge on any atom is 0.325 e. The van der Waals surface area contributed by atoms with Crippen LogP contribution >= 0.6 is 11.3 Å². The fraction of sp³-hybridized carbons (Fsp3) is 0.410. The number of rotatable bonds is 11. The molecule has 5 rings (SSSR count). The highest BCUT2D eigenvalue weighted by molar-refractivity contribution is 7.14. The Hall–Kier alpha value is -4.37. The second-order valence-corrected chi connectivity index (χ2v) is 15.0. The Morgan fingerprint density at radius 1 is 0.854 bits per heavy atom. The van der Waals surface area contributed by atoms with E-state index in [-0.39, 0.29) is 17.7 Å². The molecular formula is C39H46N4O4S. The Bertz CT molecular complexity index is 1700. The predicted octanol–water partition coefficient (Wildman–Crippen LogP) is 7.78. The van der Waals surface area contributed by atoms with E-state index in [0.29, 0.717) is 16.6 Å². The molecule has 0 saturated heterocycles. The van der Waals surface area contributed by atoms with E-state index >= 15 is 0 Å². The SMILES string of the molecule is CC[C@H]1CC[C@H](c2ccc(-c3cnc(-c4ccc(C[C@H](NC(=O)c5ccc(C(C)(C)C)s5)C(=O)N[C@@H](C)C(=O)O)cc4)nc3)cc2)CC1. The summed E-state index contributed by atoms with van der Waals surface area (Å²) in [7, 11) is 0. The molecule has 1 aliphatic carbocycles. The van der Waals surface area contributed by atoms with Crippen molar-refractivity contribution in [1.29, 1.82) is 0 Å². The van der Waals surface area contributed by atoms with Crippen LogP contribution in [0, 0.1) is 5.92 Å².